The van der Waals surface area contributed by atoms with Gasteiger partial charge in [0.25, 0.3) is 0 Å². The van der Waals surface area contributed by atoms with Crippen molar-refractivity contribution < 1.29 is 5.11 Å². The molecule has 0 radical (unpaired) electrons. The number of hydrogen-bond donors (Lipinski definition) is 2. The number of piperidine rings is 1. The molecule has 0 amide bonds. The van der Waals surface area contributed by atoms with Crippen molar-refractivity contribution in [3.8, 4) is 0 Å². The summed E-state index contributed by atoms with van der Waals surface area (Å²) in [5.41, 5.74) is 5.68. The van der Waals surface area contributed by atoms with Crippen molar-refractivity contribution in [2.75, 3.05) is 32.8 Å². The van der Waals surface area contributed by atoms with Crippen LogP contribution in [0.25, 0.3) is 0 Å². The Hall–Kier alpha value is -0.120. The lowest BCUT2D eigenvalue weighted by Gasteiger charge is -2.36. The molecule has 1 fully saturated rings. The van der Waals surface area contributed by atoms with Crippen molar-refractivity contribution in [3.05, 3.63) is 0 Å². The molecule has 0 aromatic rings. The molecule has 0 unspecified atom stereocenters. The van der Waals surface area contributed by atoms with Gasteiger partial charge >= 0.3 is 0 Å². The number of nitrogens with two attached hydrogens (primary N) is 1. The highest BCUT2D eigenvalue weighted by atomic mass is 16.3. The fourth-order valence-electron chi connectivity index (χ4n) is 2.04. The largest absolute Gasteiger partial charge is 0.396 e. The van der Waals surface area contributed by atoms with E-state index in [2.05, 4.69) is 18.7 Å². The van der Waals surface area contributed by atoms with Crippen LogP contribution in [0.5, 0.6) is 0 Å². The summed E-state index contributed by atoms with van der Waals surface area (Å²) in [4.78, 5) is 2.45. The minimum atomic E-state index is 0.0373. The lowest BCUT2D eigenvalue weighted by molar-refractivity contribution is 0.0824. The van der Waals surface area contributed by atoms with Crippen LogP contribution in [0.2, 0.25) is 0 Å². The van der Waals surface area contributed by atoms with E-state index in [1.54, 1.807) is 0 Å². The molecule has 0 aromatic carbocycles. The predicted octanol–water partition coefficient (Wildman–Crippen LogP) is 0.676. The van der Waals surface area contributed by atoms with Gasteiger partial charge < -0.3 is 15.7 Å². The molecule has 1 aliphatic rings. The maximum absolute atomic E-state index is 9.18. The fourth-order valence-corrected chi connectivity index (χ4v) is 2.04. The predicted molar refractivity (Wildman–Crippen MR) is 59.1 cm³/mol. The third-order valence-electron chi connectivity index (χ3n) is 3.12. The zero-order chi connectivity index (χ0) is 10.6. The highest BCUT2D eigenvalue weighted by molar-refractivity contribution is 4.78. The Balaban J connectivity index is 2.28. The van der Waals surface area contributed by atoms with E-state index in [-0.39, 0.29) is 12.0 Å². The molecular weight excluding hydrogens is 176 g/mol. The second-order valence-electron chi connectivity index (χ2n) is 5.28. The lowest BCUT2D eigenvalue weighted by Crippen LogP contribution is -2.42. The highest BCUT2D eigenvalue weighted by Crippen LogP contribution is 2.21. The number of aliphatic hydroxyl groups excluding tert-OH is 1. The van der Waals surface area contributed by atoms with Crippen LogP contribution in [-0.2, 0) is 0 Å². The first-order valence-corrected chi connectivity index (χ1v) is 5.61. The summed E-state index contributed by atoms with van der Waals surface area (Å²) in [6, 6.07) is 0. The number of hydrogen-bond acceptors (Lipinski definition) is 3. The van der Waals surface area contributed by atoms with Crippen molar-refractivity contribution in [2.24, 2.45) is 17.1 Å². The summed E-state index contributed by atoms with van der Waals surface area (Å²) >= 11 is 0. The number of likely N-dealkylation sites (tertiary alicyclic amines) is 1. The van der Waals surface area contributed by atoms with E-state index in [9.17, 15) is 5.11 Å². The molecule has 3 N–H and O–H groups in total. The summed E-state index contributed by atoms with van der Waals surface area (Å²) in [6.45, 7) is 8.61. The summed E-state index contributed by atoms with van der Waals surface area (Å²) in [5, 5.41) is 9.18. The Bertz CT molecular complexity index is 163. The first kappa shape index (κ1) is 12.0. The maximum Gasteiger partial charge on any atom is 0.0494 e. The van der Waals surface area contributed by atoms with Crippen LogP contribution in [0.3, 0.4) is 0 Å². The van der Waals surface area contributed by atoms with E-state index in [4.69, 9.17) is 5.73 Å². The van der Waals surface area contributed by atoms with Gasteiger partial charge in [-0.15, -0.1) is 0 Å². The number of rotatable bonds is 4. The standard InChI is InChI=1S/C11H24N2O/c1-11(2,9-14)8-13-5-3-10(7-12)4-6-13/h10,14H,3-9,12H2,1-2H3. The first-order valence-electron chi connectivity index (χ1n) is 5.61. The van der Waals surface area contributed by atoms with Crippen molar-refractivity contribution in [3.63, 3.8) is 0 Å². The van der Waals surface area contributed by atoms with Gasteiger partial charge in [-0.1, -0.05) is 13.8 Å². The molecular formula is C11H24N2O. The van der Waals surface area contributed by atoms with Crippen molar-refractivity contribution in [1.82, 2.24) is 4.90 Å². The molecule has 0 spiro atoms. The van der Waals surface area contributed by atoms with E-state index < -0.39 is 0 Å². The van der Waals surface area contributed by atoms with E-state index in [0.29, 0.717) is 0 Å². The number of nitrogens with zero attached hydrogens (tertiary/aromatic N) is 1. The van der Waals surface area contributed by atoms with Crippen molar-refractivity contribution in [2.45, 2.75) is 26.7 Å². The Morgan fingerprint density at radius 3 is 2.36 bits per heavy atom. The van der Waals surface area contributed by atoms with Gasteiger partial charge in [0.2, 0.25) is 0 Å². The SMILES string of the molecule is CC(C)(CO)CN1CCC(CN)CC1. The van der Waals surface area contributed by atoms with Crippen molar-refractivity contribution >= 4 is 0 Å². The molecule has 84 valence electrons. The van der Waals surface area contributed by atoms with Gasteiger partial charge in [0.05, 0.1) is 0 Å². The van der Waals surface area contributed by atoms with E-state index in [1.807, 2.05) is 0 Å². The van der Waals surface area contributed by atoms with Gasteiger partial charge in [0, 0.05) is 18.6 Å². The third kappa shape index (κ3) is 3.56. The molecule has 1 aliphatic heterocycles. The molecule has 0 aliphatic carbocycles. The Morgan fingerprint density at radius 1 is 1.36 bits per heavy atom. The Kier molecular flexibility index (Phi) is 4.35. The monoisotopic (exact) mass is 200 g/mol. The van der Waals surface area contributed by atoms with Crippen LogP contribution in [0, 0.1) is 11.3 Å². The second-order valence-corrected chi connectivity index (χ2v) is 5.28. The molecule has 0 aromatic heterocycles. The molecule has 1 heterocycles. The Labute approximate surface area is 87.3 Å². The van der Waals surface area contributed by atoms with E-state index in [1.165, 1.54) is 12.8 Å². The molecule has 0 atom stereocenters. The van der Waals surface area contributed by atoms with Gasteiger partial charge in [-0.3, -0.25) is 0 Å². The smallest absolute Gasteiger partial charge is 0.0494 e. The van der Waals surface area contributed by atoms with Gasteiger partial charge in [-0.2, -0.15) is 0 Å². The highest BCUT2D eigenvalue weighted by Gasteiger charge is 2.24. The van der Waals surface area contributed by atoms with Gasteiger partial charge in [-0.25, -0.2) is 0 Å². The maximum atomic E-state index is 9.18. The third-order valence-corrected chi connectivity index (χ3v) is 3.12. The van der Waals surface area contributed by atoms with Gasteiger partial charge in [0.1, 0.15) is 0 Å². The molecule has 3 heteroatoms. The lowest BCUT2D eigenvalue weighted by atomic mass is 9.91. The van der Waals surface area contributed by atoms with Crippen LogP contribution < -0.4 is 5.73 Å². The summed E-state index contributed by atoms with van der Waals surface area (Å²) in [7, 11) is 0. The topological polar surface area (TPSA) is 49.5 Å². The van der Waals surface area contributed by atoms with Crippen LogP contribution >= 0.6 is 0 Å². The van der Waals surface area contributed by atoms with E-state index >= 15 is 0 Å². The molecule has 0 bridgehead atoms. The van der Waals surface area contributed by atoms with Crippen LogP contribution in [0.15, 0.2) is 0 Å². The average molecular weight is 200 g/mol. The molecule has 1 saturated heterocycles. The number of aliphatic hydroxyl groups is 1. The molecule has 0 saturated carbocycles. The van der Waals surface area contributed by atoms with E-state index in [0.717, 1.165) is 32.1 Å². The van der Waals surface area contributed by atoms with Crippen molar-refractivity contribution in [1.29, 1.82) is 0 Å². The van der Waals surface area contributed by atoms with Crippen LogP contribution in [-0.4, -0.2) is 42.8 Å². The fraction of sp³-hybridized carbons (Fsp3) is 1.00. The molecule has 14 heavy (non-hydrogen) atoms. The van der Waals surface area contributed by atoms with Gasteiger partial charge in [-0.05, 0) is 38.4 Å². The first-order chi connectivity index (χ1) is 6.57. The van der Waals surface area contributed by atoms with Crippen LogP contribution in [0.1, 0.15) is 26.7 Å². The zero-order valence-corrected chi connectivity index (χ0v) is 9.50. The average Bonchev–Trinajstić information content (AvgIpc) is 2.19. The molecule has 1 rings (SSSR count). The quantitative estimate of drug-likeness (QED) is 0.701. The van der Waals surface area contributed by atoms with Crippen LogP contribution in [0.4, 0.5) is 0 Å². The second kappa shape index (κ2) is 5.10. The zero-order valence-electron chi connectivity index (χ0n) is 9.50. The van der Waals surface area contributed by atoms with Gasteiger partial charge in [0.15, 0.2) is 0 Å². The minimum Gasteiger partial charge on any atom is -0.396 e. The summed E-state index contributed by atoms with van der Waals surface area (Å²) in [5.74, 6) is 0.725. The normalized spacial score (nSPS) is 21.4. The molecule has 3 nitrogen and oxygen atoms in total. The Morgan fingerprint density at radius 2 is 1.93 bits per heavy atom. The minimum absolute atomic E-state index is 0.0373. The summed E-state index contributed by atoms with van der Waals surface area (Å²) in [6.07, 6.45) is 2.44. The summed E-state index contributed by atoms with van der Waals surface area (Å²) < 4.78 is 0.